The van der Waals surface area contributed by atoms with Gasteiger partial charge in [-0.2, -0.15) is 0 Å². The molecule has 0 radical (unpaired) electrons. The molecular weight excluding hydrogens is 346 g/mol. The van der Waals surface area contributed by atoms with Crippen LogP contribution in [-0.4, -0.2) is 48.2 Å². The van der Waals surface area contributed by atoms with Crippen LogP contribution in [0.25, 0.3) is 0 Å². The number of carboxylic acids is 1. The second-order valence-electron chi connectivity index (χ2n) is 5.04. The molecule has 0 aliphatic carbocycles. The number of carboxylic acid groups (broad SMARTS) is 1. The van der Waals surface area contributed by atoms with Gasteiger partial charge in [-0.15, -0.1) is 0 Å². The predicted octanol–water partition coefficient (Wildman–Crippen LogP) is 1.39. The molecule has 0 spiro atoms. The minimum atomic E-state index is -1.72. The van der Waals surface area contributed by atoms with Gasteiger partial charge in [-0.25, -0.2) is 9.69 Å². The zero-order valence-corrected chi connectivity index (χ0v) is 13.1. The van der Waals surface area contributed by atoms with Crippen LogP contribution < -0.4 is 0 Å². The molecule has 0 fully saturated rings. The van der Waals surface area contributed by atoms with Crippen LogP contribution in [0.15, 0.2) is 48.7 Å². The van der Waals surface area contributed by atoms with Crippen molar-refractivity contribution in [1.82, 2.24) is 4.90 Å². The van der Waals surface area contributed by atoms with Crippen LogP contribution in [0.3, 0.4) is 0 Å². The van der Waals surface area contributed by atoms with E-state index in [-0.39, 0.29) is 4.90 Å². The highest BCUT2D eigenvalue weighted by atomic mass is 16.4. The van der Waals surface area contributed by atoms with E-state index in [4.69, 9.17) is 5.11 Å². The lowest BCUT2D eigenvalue weighted by molar-refractivity contribution is -0.133. The highest BCUT2D eigenvalue weighted by Gasteiger charge is 2.33. The minimum Gasteiger partial charge on any atom is -0.504 e. The summed E-state index contributed by atoms with van der Waals surface area (Å²) in [6.45, 7) is 3.15. The predicted molar refractivity (Wildman–Crippen MR) is 86.8 cm³/mol. The molecule has 0 saturated carbocycles. The first kappa shape index (κ1) is 18.3. The van der Waals surface area contributed by atoms with Gasteiger partial charge >= 0.3 is 5.97 Å². The van der Waals surface area contributed by atoms with Crippen molar-refractivity contribution in [3.05, 3.63) is 59.8 Å². The summed E-state index contributed by atoms with van der Waals surface area (Å²) in [6.07, 6.45) is 0. The number of benzene rings is 2. The molecular formula is C17H13NO8. The van der Waals surface area contributed by atoms with Gasteiger partial charge in [0.2, 0.25) is 0 Å². The molecule has 9 nitrogen and oxygen atoms in total. The molecule has 9 heteroatoms. The lowest BCUT2D eigenvalue weighted by Crippen LogP contribution is -2.38. The highest BCUT2D eigenvalue weighted by molar-refractivity contribution is 6.16. The Bertz CT molecular complexity index is 871. The Labute approximate surface area is 146 Å². The number of aliphatic carboxylic acids is 1. The van der Waals surface area contributed by atoms with Gasteiger partial charge < -0.3 is 25.5 Å². The Balaban J connectivity index is 2.60. The van der Waals surface area contributed by atoms with E-state index in [0.29, 0.717) is 0 Å². The Kier molecular flexibility index (Phi) is 4.83. The van der Waals surface area contributed by atoms with Crippen molar-refractivity contribution in [2.75, 3.05) is 0 Å². The van der Waals surface area contributed by atoms with Gasteiger partial charge in [0.05, 0.1) is 11.1 Å². The van der Waals surface area contributed by atoms with Gasteiger partial charge in [-0.05, 0) is 24.3 Å². The largest absolute Gasteiger partial charge is 0.504 e. The van der Waals surface area contributed by atoms with Crippen molar-refractivity contribution in [2.45, 2.75) is 0 Å². The number of rotatable bonds is 4. The van der Waals surface area contributed by atoms with E-state index in [1.54, 1.807) is 0 Å². The summed E-state index contributed by atoms with van der Waals surface area (Å²) < 4.78 is 0. The third kappa shape index (κ3) is 3.13. The van der Waals surface area contributed by atoms with E-state index >= 15 is 0 Å². The number of carbonyl (C=O) groups is 3. The lowest BCUT2D eigenvalue weighted by atomic mass is 10.1. The normalized spacial score (nSPS) is 10.2. The number of aromatic hydroxyl groups is 4. The summed E-state index contributed by atoms with van der Waals surface area (Å²) in [5, 5.41) is 47.7. The highest BCUT2D eigenvalue weighted by Crippen LogP contribution is 2.33. The summed E-state index contributed by atoms with van der Waals surface area (Å²) in [6, 6.07) is 6.64. The first-order valence-electron chi connectivity index (χ1n) is 6.99. The van der Waals surface area contributed by atoms with Crippen molar-refractivity contribution in [2.24, 2.45) is 0 Å². The maximum atomic E-state index is 12.6. The Morgan fingerprint density at radius 1 is 0.769 bits per heavy atom. The molecule has 2 aromatic rings. The molecule has 2 aromatic carbocycles. The van der Waals surface area contributed by atoms with Crippen molar-refractivity contribution in [3.63, 3.8) is 0 Å². The SMILES string of the molecule is C=C(C(=O)O)N(C(=O)c1cccc(O)c1O)C(=O)c1cccc(O)c1O. The number of phenols is 4. The number of hydrogen-bond donors (Lipinski definition) is 5. The summed E-state index contributed by atoms with van der Waals surface area (Å²) in [7, 11) is 0. The van der Waals surface area contributed by atoms with Gasteiger partial charge in [-0.3, -0.25) is 9.59 Å². The molecule has 2 rings (SSSR count). The van der Waals surface area contributed by atoms with E-state index in [0.717, 1.165) is 24.3 Å². The van der Waals surface area contributed by atoms with Crippen LogP contribution >= 0.6 is 0 Å². The molecule has 0 aliphatic heterocycles. The molecule has 0 unspecified atom stereocenters. The number of para-hydroxylation sites is 2. The monoisotopic (exact) mass is 359 g/mol. The van der Waals surface area contributed by atoms with Crippen molar-refractivity contribution >= 4 is 17.8 Å². The van der Waals surface area contributed by atoms with Gasteiger partial charge in [0.15, 0.2) is 23.0 Å². The molecule has 0 atom stereocenters. The van der Waals surface area contributed by atoms with Crippen LogP contribution in [0.1, 0.15) is 20.7 Å². The maximum absolute atomic E-state index is 12.6. The quantitative estimate of drug-likeness (QED) is 0.311. The standard InChI is InChI=1S/C17H13NO8/c1-8(17(25)26)18(15(23)9-4-2-6-11(19)13(9)21)16(24)10-5-3-7-12(20)14(10)22/h2-7,19-22H,1H2,(H,25,26). The molecule has 0 aromatic heterocycles. The van der Waals surface area contributed by atoms with Crippen LogP contribution in [0.2, 0.25) is 0 Å². The molecule has 0 aliphatic rings. The third-order valence-electron chi connectivity index (χ3n) is 3.41. The Morgan fingerprint density at radius 2 is 1.15 bits per heavy atom. The van der Waals surface area contributed by atoms with E-state index < -0.39 is 57.6 Å². The number of imide groups is 1. The van der Waals surface area contributed by atoms with E-state index in [2.05, 4.69) is 6.58 Å². The summed E-state index contributed by atoms with van der Waals surface area (Å²) in [5.74, 6) is -7.39. The molecule has 0 saturated heterocycles. The number of phenolic OH excluding ortho intramolecular Hbond substituents is 4. The zero-order chi connectivity index (χ0) is 19.6. The first-order valence-corrected chi connectivity index (χ1v) is 6.99. The molecule has 26 heavy (non-hydrogen) atoms. The number of hydrogen-bond acceptors (Lipinski definition) is 7. The Hall–Kier alpha value is -4.01. The van der Waals surface area contributed by atoms with Gasteiger partial charge in [0, 0.05) is 0 Å². The minimum absolute atomic E-state index is 0.102. The maximum Gasteiger partial charge on any atom is 0.352 e. The fraction of sp³-hybridized carbons (Fsp3) is 0. The van der Waals surface area contributed by atoms with Crippen molar-refractivity contribution < 1.29 is 39.9 Å². The van der Waals surface area contributed by atoms with Crippen LogP contribution in [0.4, 0.5) is 0 Å². The second-order valence-corrected chi connectivity index (χ2v) is 5.04. The van der Waals surface area contributed by atoms with Crippen molar-refractivity contribution in [1.29, 1.82) is 0 Å². The summed E-state index contributed by atoms with van der Waals surface area (Å²) in [4.78, 5) is 36.6. The number of carbonyl (C=O) groups excluding carboxylic acids is 2. The summed E-state index contributed by atoms with van der Waals surface area (Å²) in [5.41, 5.74) is -2.11. The van der Waals surface area contributed by atoms with E-state index in [9.17, 15) is 34.8 Å². The average Bonchev–Trinajstić information content (AvgIpc) is 2.59. The van der Waals surface area contributed by atoms with Crippen molar-refractivity contribution in [3.8, 4) is 23.0 Å². The van der Waals surface area contributed by atoms with E-state index in [1.165, 1.54) is 12.1 Å². The second kappa shape index (κ2) is 6.85. The van der Waals surface area contributed by atoms with Gasteiger partial charge in [0.25, 0.3) is 11.8 Å². The summed E-state index contributed by atoms with van der Waals surface area (Å²) >= 11 is 0. The van der Waals surface area contributed by atoms with Crippen LogP contribution in [-0.2, 0) is 4.79 Å². The van der Waals surface area contributed by atoms with E-state index in [1.807, 2.05) is 0 Å². The fourth-order valence-electron chi connectivity index (χ4n) is 2.08. The van der Waals surface area contributed by atoms with Gasteiger partial charge in [-0.1, -0.05) is 18.7 Å². The molecule has 5 N–H and O–H groups in total. The number of amides is 2. The smallest absolute Gasteiger partial charge is 0.352 e. The molecule has 2 amide bonds. The topological polar surface area (TPSA) is 156 Å². The fourth-order valence-corrected chi connectivity index (χ4v) is 2.08. The lowest BCUT2D eigenvalue weighted by Gasteiger charge is -2.21. The van der Waals surface area contributed by atoms with Crippen LogP contribution in [0.5, 0.6) is 23.0 Å². The molecule has 134 valence electrons. The zero-order valence-electron chi connectivity index (χ0n) is 13.1. The van der Waals surface area contributed by atoms with Gasteiger partial charge in [0.1, 0.15) is 5.70 Å². The third-order valence-corrected chi connectivity index (χ3v) is 3.41. The Morgan fingerprint density at radius 3 is 1.50 bits per heavy atom. The number of nitrogens with zero attached hydrogens (tertiary/aromatic N) is 1. The molecule has 0 bridgehead atoms. The first-order chi connectivity index (χ1) is 12.2. The average molecular weight is 359 g/mol. The molecule has 0 heterocycles. The van der Waals surface area contributed by atoms with Crippen LogP contribution in [0, 0.1) is 0 Å².